The zero-order chi connectivity index (χ0) is 16.6. The van der Waals surface area contributed by atoms with Gasteiger partial charge in [-0.15, -0.1) is 12.4 Å². The number of ether oxygens (including phenoxy) is 1. The highest BCUT2D eigenvalue weighted by Gasteiger charge is 2.32. The molecular weight excluding hydrogens is 356 g/mol. The summed E-state index contributed by atoms with van der Waals surface area (Å²) in [6.45, 7) is 0. The van der Waals surface area contributed by atoms with Crippen LogP contribution in [-0.4, -0.2) is 10.9 Å². The number of halogens is 3. The van der Waals surface area contributed by atoms with Crippen LogP contribution in [-0.2, 0) is 0 Å². The number of hydrogen-bond acceptors (Lipinski definition) is 4. The molecule has 24 heavy (non-hydrogen) atoms. The van der Waals surface area contributed by atoms with Gasteiger partial charge in [-0.3, -0.25) is 4.79 Å². The predicted octanol–water partition coefficient (Wildman–Crippen LogP) is 3.60. The third-order valence-corrected chi connectivity index (χ3v) is 4.07. The number of aromatic nitrogens is 1. The highest BCUT2D eigenvalue weighted by atomic mass is 35.5. The molecule has 1 heterocycles. The normalized spacial score (nSPS) is 14.6. The third kappa shape index (κ3) is 3.77. The molecule has 0 aliphatic heterocycles. The van der Waals surface area contributed by atoms with E-state index < -0.39 is 11.7 Å². The van der Waals surface area contributed by atoms with Crippen molar-refractivity contribution < 1.29 is 13.9 Å². The van der Waals surface area contributed by atoms with Gasteiger partial charge in [-0.2, -0.15) is 0 Å². The molecule has 128 valence electrons. The number of hydrogen-bond donors (Lipinski definition) is 2. The average molecular weight is 372 g/mol. The molecule has 1 unspecified atom stereocenters. The Kier molecular flexibility index (Phi) is 5.64. The van der Waals surface area contributed by atoms with Crippen molar-refractivity contribution in [1.29, 1.82) is 0 Å². The number of benzene rings is 1. The molecule has 1 aromatic carbocycles. The zero-order valence-electron chi connectivity index (χ0n) is 12.5. The van der Waals surface area contributed by atoms with Crippen LogP contribution in [0.1, 0.15) is 34.9 Å². The highest BCUT2D eigenvalue weighted by Crippen LogP contribution is 2.43. The molecular formula is C16H16Cl2FN3O2. The van der Waals surface area contributed by atoms with Crippen molar-refractivity contribution in [2.45, 2.75) is 18.9 Å². The molecule has 1 atom stereocenters. The van der Waals surface area contributed by atoms with Crippen LogP contribution in [0.2, 0.25) is 5.02 Å². The summed E-state index contributed by atoms with van der Waals surface area (Å²) in [5.74, 6) is -0.786. The molecule has 1 amide bonds. The molecule has 1 saturated carbocycles. The first-order chi connectivity index (χ1) is 11.0. The molecule has 1 aliphatic carbocycles. The smallest absolute Gasteiger partial charge is 0.267 e. The molecule has 1 fully saturated rings. The molecule has 4 N–H and O–H groups in total. The second-order valence-corrected chi connectivity index (χ2v) is 5.90. The van der Waals surface area contributed by atoms with E-state index in [-0.39, 0.29) is 40.7 Å². The van der Waals surface area contributed by atoms with Gasteiger partial charge < -0.3 is 16.2 Å². The van der Waals surface area contributed by atoms with Gasteiger partial charge in [0.2, 0.25) is 0 Å². The maximum Gasteiger partial charge on any atom is 0.267 e. The van der Waals surface area contributed by atoms with Crippen molar-refractivity contribution in [2.75, 3.05) is 0 Å². The third-order valence-electron chi connectivity index (χ3n) is 3.78. The second-order valence-electron chi connectivity index (χ2n) is 5.49. The first kappa shape index (κ1) is 18.4. The van der Waals surface area contributed by atoms with Gasteiger partial charge in [0.05, 0.1) is 11.2 Å². The van der Waals surface area contributed by atoms with Gasteiger partial charge in [0.1, 0.15) is 11.4 Å². The van der Waals surface area contributed by atoms with Gasteiger partial charge >= 0.3 is 0 Å². The van der Waals surface area contributed by atoms with Crippen LogP contribution in [0.5, 0.6) is 11.5 Å². The number of rotatable bonds is 5. The number of nitrogens with two attached hydrogens (primary N) is 2. The van der Waals surface area contributed by atoms with Crippen molar-refractivity contribution in [3.05, 3.63) is 52.6 Å². The molecule has 1 aromatic heterocycles. The summed E-state index contributed by atoms with van der Waals surface area (Å²) in [4.78, 5) is 14.8. The molecule has 8 heteroatoms. The van der Waals surface area contributed by atoms with Crippen molar-refractivity contribution >= 4 is 29.9 Å². The largest absolute Gasteiger partial charge is 0.451 e. The molecule has 2 aromatic rings. The average Bonchev–Trinajstić information content (AvgIpc) is 3.36. The number of carbonyl (C=O) groups is 1. The Morgan fingerprint density at radius 2 is 2.04 bits per heavy atom. The number of nitrogens with zero attached hydrogens (tertiary/aromatic N) is 1. The van der Waals surface area contributed by atoms with Crippen LogP contribution in [0, 0.1) is 11.7 Å². The quantitative estimate of drug-likeness (QED) is 0.839. The lowest BCUT2D eigenvalue weighted by atomic mass is 10.0. The van der Waals surface area contributed by atoms with Crippen molar-refractivity contribution in [3.8, 4) is 11.5 Å². The maximum absolute atomic E-state index is 14.7. The summed E-state index contributed by atoms with van der Waals surface area (Å²) in [6.07, 6.45) is 3.28. The molecule has 1 aliphatic rings. The lowest BCUT2D eigenvalue weighted by Gasteiger charge is -2.16. The van der Waals surface area contributed by atoms with Gasteiger partial charge in [0, 0.05) is 11.6 Å². The Hall–Kier alpha value is -1.89. The molecule has 0 spiro atoms. The van der Waals surface area contributed by atoms with E-state index in [1.54, 1.807) is 12.1 Å². The molecule has 0 saturated heterocycles. The topological polar surface area (TPSA) is 91.2 Å². The van der Waals surface area contributed by atoms with Crippen molar-refractivity contribution in [1.82, 2.24) is 4.98 Å². The summed E-state index contributed by atoms with van der Waals surface area (Å²) in [6, 6.07) is 5.63. The molecule has 0 bridgehead atoms. The maximum atomic E-state index is 14.7. The Labute approximate surface area is 149 Å². The fourth-order valence-corrected chi connectivity index (χ4v) is 2.50. The molecule has 3 rings (SSSR count). The van der Waals surface area contributed by atoms with Crippen molar-refractivity contribution in [2.24, 2.45) is 17.4 Å². The van der Waals surface area contributed by atoms with E-state index in [1.165, 1.54) is 18.3 Å². The fourth-order valence-electron chi connectivity index (χ4n) is 2.31. The fraction of sp³-hybridized carbons (Fsp3) is 0.250. The summed E-state index contributed by atoms with van der Waals surface area (Å²) in [5, 5.41) is 0.133. The van der Waals surface area contributed by atoms with Crippen LogP contribution in [0.3, 0.4) is 0 Å². The van der Waals surface area contributed by atoms with Gasteiger partial charge in [-0.25, -0.2) is 9.37 Å². The van der Waals surface area contributed by atoms with Crippen LogP contribution >= 0.6 is 24.0 Å². The SMILES string of the molecule is Cl.NC(=O)c1ccc(Oc2c(Cl)ccc(C(N)C3CC3)c2F)cn1. The van der Waals surface area contributed by atoms with Gasteiger partial charge in [-0.05, 0) is 37.0 Å². The second kappa shape index (κ2) is 7.34. The number of primary amides is 1. The summed E-state index contributed by atoms with van der Waals surface area (Å²) >= 11 is 6.03. The highest BCUT2D eigenvalue weighted by molar-refractivity contribution is 6.32. The van der Waals surface area contributed by atoms with Crippen LogP contribution in [0.4, 0.5) is 4.39 Å². The van der Waals surface area contributed by atoms with Gasteiger partial charge in [-0.1, -0.05) is 17.7 Å². The number of amides is 1. The minimum Gasteiger partial charge on any atom is -0.451 e. The van der Waals surface area contributed by atoms with Crippen LogP contribution in [0.15, 0.2) is 30.5 Å². The van der Waals surface area contributed by atoms with E-state index in [0.29, 0.717) is 11.5 Å². The zero-order valence-corrected chi connectivity index (χ0v) is 14.1. The Morgan fingerprint density at radius 3 is 2.58 bits per heavy atom. The lowest BCUT2D eigenvalue weighted by Crippen LogP contribution is -2.14. The van der Waals surface area contributed by atoms with E-state index >= 15 is 0 Å². The number of carbonyl (C=O) groups excluding carboxylic acids is 1. The standard InChI is InChI=1S/C16H15ClFN3O2.ClH/c17-11-5-4-10(14(19)8-1-2-8)13(18)15(11)23-9-3-6-12(16(20)22)21-7-9;/h3-8,14H,1-2,19H2,(H2,20,22);1H. The summed E-state index contributed by atoms with van der Waals surface area (Å²) in [7, 11) is 0. The monoisotopic (exact) mass is 371 g/mol. The summed E-state index contributed by atoms with van der Waals surface area (Å²) in [5.41, 5.74) is 11.7. The Bertz CT molecular complexity index is 752. The van der Waals surface area contributed by atoms with E-state index in [2.05, 4.69) is 4.98 Å². The first-order valence-corrected chi connectivity index (χ1v) is 7.52. The van der Waals surface area contributed by atoms with Gasteiger partial charge in [0.25, 0.3) is 5.91 Å². The minimum absolute atomic E-state index is 0. The first-order valence-electron chi connectivity index (χ1n) is 7.14. The van der Waals surface area contributed by atoms with Crippen LogP contribution < -0.4 is 16.2 Å². The van der Waals surface area contributed by atoms with Gasteiger partial charge in [0.15, 0.2) is 11.6 Å². The minimum atomic E-state index is -0.654. The van der Waals surface area contributed by atoms with E-state index in [9.17, 15) is 9.18 Å². The van der Waals surface area contributed by atoms with E-state index in [0.717, 1.165) is 12.8 Å². The Morgan fingerprint density at radius 1 is 1.33 bits per heavy atom. The summed E-state index contributed by atoms with van der Waals surface area (Å²) < 4.78 is 20.2. The molecule has 5 nitrogen and oxygen atoms in total. The van der Waals surface area contributed by atoms with Crippen molar-refractivity contribution in [3.63, 3.8) is 0 Å². The van der Waals surface area contributed by atoms with E-state index in [4.69, 9.17) is 27.8 Å². The van der Waals surface area contributed by atoms with Crippen LogP contribution in [0.25, 0.3) is 0 Å². The molecule has 0 radical (unpaired) electrons. The lowest BCUT2D eigenvalue weighted by molar-refractivity contribution is 0.0995. The van der Waals surface area contributed by atoms with E-state index in [1.807, 2.05) is 0 Å². The number of pyridine rings is 1. The predicted molar refractivity (Wildman–Crippen MR) is 91.1 cm³/mol. The Balaban J connectivity index is 0.00000208.